The number of carbonyl (C=O) groups excluding carboxylic acids is 1. The molecule has 0 saturated heterocycles. The molecule has 160 valence electrons. The average molecular weight is 438 g/mol. The van der Waals surface area contributed by atoms with Gasteiger partial charge in [0.1, 0.15) is 17.1 Å². The summed E-state index contributed by atoms with van der Waals surface area (Å²) in [5.74, 6) is 0.282. The van der Waals surface area contributed by atoms with Crippen molar-refractivity contribution in [2.45, 2.75) is 40.3 Å². The fourth-order valence-corrected chi connectivity index (χ4v) is 4.64. The largest absolute Gasteiger partial charge is 0.467 e. The van der Waals surface area contributed by atoms with E-state index in [1.54, 1.807) is 24.3 Å². The maximum absolute atomic E-state index is 13.4. The molecule has 1 N–H and O–H groups in total. The van der Waals surface area contributed by atoms with E-state index in [1.165, 1.54) is 22.2 Å². The maximum atomic E-state index is 13.4. The number of aryl methyl sites for hydroxylation is 3. The van der Waals surface area contributed by atoms with Crippen LogP contribution in [0.15, 0.2) is 56.7 Å². The van der Waals surface area contributed by atoms with Gasteiger partial charge in [0.05, 0.1) is 23.9 Å². The first-order chi connectivity index (χ1) is 14.9. The molecule has 0 aliphatic heterocycles. The highest BCUT2D eigenvalue weighted by atomic mass is 32.1. The number of rotatable bonds is 6. The Morgan fingerprint density at radius 1 is 1.13 bits per heavy atom. The Balaban J connectivity index is 1.81. The summed E-state index contributed by atoms with van der Waals surface area (Å²) in [6.07, 6.45) is 2.39. The van der Waals surface area contributed by atoms with Crippen molar-refractivity contribution in [2.75, 3.05) is 0 Å². The molecule has 0 unspecified atom stereocenters. The molecule has 0 atom stereocenters. The van der Waals surface area contributed by atoms with E-state index in [0.717, 1.165) is 27.0 Å². The first-order valence-electron chi connectivity index (χ1n) is 10.0. The zero-order chi connectivity index (χ0) is 22.1. The Labute approximate surface area is 182 Å². The third-order valence-electron chi connectivity index (χ3n) is 5.40. The van der Waals surface area contributed by atoms with Crippen LogP contribution >= 0.6 is 11.3 Å². The Morgan fingerprint density at radius 3 is 2.52 bits per heavy atom. The van der Waals surface area contributed by atoms with Crippen LogP contribution in [0.1, 0.15) is 28.7 Å². The van der Waals surface area contributed by atoms with Crippen LogP contribution in [-0.2, 0) is 24.3 Å². The van der Waals surface area contributed by atoms with Gasteiger partial charge in [0.2, 0.25) is 5.91 Å². The normalized spacial score (nSPS) is 11.2. The summed E-state index contributed by atoms with van der Waals surface area (Å²) in [7, 11) is 0. The van der Waals surface area contributed by atoms with Crippen LogP contribution in [0.4, 0.5) is 0 Å². The Morgan fingerprint density at radius 2 is 1.87 bits per heavy atom. The van der Waals surface area contributed by atoms with Crippen molar-refractivity contribution in [3.63, 3.8) is 0 Å². The third-order valence-corrected chi connectivity index (χ3v) is 6.63. The molecule has 1 aromatic carbocycles. The van der Waals surface area contributed by atoms with Crippen LogP contribution in [0.2, 0.25) is 0 Å². The number of nitrogens with zero attached hydrogens (tertiary/aromatic N) is 2. The van der Waals surface area contributed by atoms with Gasteiger partial charge in [-0.05, 0) is 55.7 Å². The number of hydrogen-bond donors (Lipinski definition) is 1. The number of fused-ring (bicyclic) bond motifs is 1. The lowest BCUT2D eigenvalue weighted by molar-refractivity contribution is -0.121. The first-order valence-corrected chi connectivity index (χ1v) is 10.9. The molecule has 4 aromatic rings. The Hall–Kier alpha value is -3.39. The van der Waals surface area contributed by atoms with Gasteiger partial charge in [-0.15, -0.1) is 11.3 Å². The van der Waals surface area contributed by atoms with Gasteiger partial charge in [-0.2, -0.15) is 0 Å². The van der Waals surface area contributed by atoms with Crippen LogP contribution in [0.3, 0.4) is 0 Å². The number of aromatic nitrogens is 2. The molecular weight excluding hydrogens is 414 g/mol. The Kier molecular flexibility index (Phi) is 5.65. The van der Waals surface area contributed by atoms with Gasteiger partial charge in [0.15, 0.2) is 0 Å². The molecule has 31 heavy (non-hydrogen) atoms. The van der Waals surface area contributed by atoms with Crippen molar-refractivity contribution in [1.29, 1.82) is 0 Å². The zero-order valence-corrected chi connectivity index (χ0v) is 18.4. The molecule has 1 amide bonds. The second kappa shape index (κ2) is 8.39. The van der Waals surface area contributed by atoms with E-state index in [4.69, 9.17) is 4.42 Å². The third kappa shape index (κ3) is 3.86. The van der Waals surface area contributed by atoms with E-state index in [2.05, 4.69) is 5.32 Å². The molecule has 8 heteroatoms. The summed E-state index contributed by atoms with van der Waals surface area (Å²) >= 11 is 1.35. The molecule has 3 heterocycles. The SMILES string of the molecule is CCc1ccc(-n2c(=O)c3c(C)c(C)sc3n(CC(=O)NCc3ccco3)c2=O)cc1. The molecule has 0 radical (unpaired) electrons. The summed E-state index contributed by atoms with van der Waals surface area (Å²) in [6.45, 7) is 5.85. The molecule has 3 aromatic heterocycles. The number of hydrogen-bond acceptors (Lipinski definition) is 5. The van der Waals surface area contributed by atoms with E-state index >= 15 is 0 Å². The number of benzene rings is 1. The summed E-state index contributed by atoms with van der Waals surface area (Å²) in [6, 6.07) is 10.8. The standard InChI is InChI=1S/C23H23N3O4S/c1-4-16-7-9-17(10-8-16)26-21(28)20-14(2)15(3)31-22(20)25(23(26)29)13-19(27)24-12-18-6-5-11-30-18/h5-11H,4,12-13H2,1-3H3,(H,24,27). The van der Waals surface area contributed by atoms with Crippen LogP contribution in [-0.4, -0.2) is 15.0 Å². The second-order valence-electron chi connectivity index (χ2n) is 7.35. The quantitative estimate of drug-likeness (QED) is 0.501. The predicted octanol–water partition coefficient (Wildman–Crippen LogP) is 3.30. The highest BCUT2D eigenvalue weighted by Gasteiger charge is 2.21. The minimum atomic E-state index is -0.531. The molecule has 0 spiro atoms. The zero-order valence-electron chi connectivity index (χ0n) is 17.6. The van der Waals surface area contributed by atoms with Crippen molar-refractivity contribution in [2.24, 2.45) is 0 Å². The molecule has 4 rings (SSSR count). The lowest BCUT2D eigenvalue weighted by atomic mass is 10.1. The number of amides is 1. The lowest BCUT2D eigenvalue weighted by Crippen LogP contribution is -2.41. The van der Waals surface area contributed by atoms with E-state index in [9.17, 15) is 14.4 Å². The summed E-state index contributed by atoms with van der Waals surface area (Å²) in [5.41, 5.74) is 1.53. The monoisotopic (exact) mass is 437 g/mol. The van der Waals surface area contributed by atoms with Crippen LogP contribution in [0.25, 0.3) is 15.9 Å². The second-order valence-corrected chi connectivity index (χ2v) is 8.55. The van der Waals surface area contributed by atoms with Crippen molar-refractivity contribution < 1.29 is 9.21 Å². The first kappa shape index (κ1) is 20.9. The van der Waals surface area contributed by atoms with Gasteiger partial charge in [-0.25, -0.2) is 9.36 Å². The van der Waals surface area contributed by atoms with Crippen molar-refractivity contribution in [3.8, 4) is 5.69 Å². The van der Waals surface area contributed by atoms with Gasteiger partial charge in [0.25, 0.3) is 5.56 Å². The summed E-state index contributed by atoms with van der Waals surface area (Å²) in [5, 5.41) is 3.23. The van der Waals surface area contributed by atoms with Crippen LogP contribution in [0, 0.1) is 13.8 Å². The van der Waals surface area contributed by atoms with E-state index in [0.29, 0.717) is 21.7 Å². The highest BCUT2D eigenvalue weighted by molar-refractivity contribution is 7.18. The molecule has 7 nitrogen and oxygen atoms in total. The highest BCUT2D eigenvalue weighted by Crippen LogP contribution is 2.27. The number of thiophene rings is 1. The molecule has 0 fully saturated rings. The van der Waals surface area contributed by atoms with Crippen LogP contribution in [0.5, 0.6) is 0 Å². The van der Waals surface area contributed by atoms with E-state index < -0.39 is 5.69 Å². The molecule has 0 aliphatic rings. The van der Waals surface area contributed by atoms with Gasteiger partial charge in [-0.1, -0.05) is 19.1 Å². The molecule has 0 bridgehead atoms. The molecule has 0 aliphatic carbocycles. The Bertz CT molecular complexity index is 1360. The fraction of sp³-hybridized carbons (Fsp3) is 0.261. The molecule has 0 saturated carbocycles. The topological polar surface area (TPSA) is 86.2 Å². The minimum absolute atomic E-state index is 0.192. The summed E-state index contributed by atoms with van der Waals surface area (Å²) < 4.78 is 7.77. The smallest absolute Gasteiger partial charge is 0.337 e. The predicted molar refractivity (Wildman–Crippen MR) is 121 cm³/mol. The lowest BCUT2D eigenvalue weighted by Gasteiger charge is -2.13. The van der Waals surface area contributed by atoms with Gasteiger partial charge >= 0.3 is 5.69 Å². The number of carbonyl (C=O) groups is 1. The van der Waals surface area contributed by atoms with Gasteiger partial charge in [-0.3, -0.25) is 14.2 Å². The average Bonchev–Trinajstić information content (AvgIpc) is 3.38. The fourth-order valence-electron chi connectivity index (χ4n) is 3.50. The summed E-state index contributed by atoms with van der Waals surface area (Å²) in [4.78, 5) is 40.8. The minimum Gasteiger partial charge on any atom is -0.467 e. The maximum Gasteiger partial charge on any atom is 0.337 e. The van der Waals surface area contributed by atoms with Crippen molar-refractivity contribution >= 4 is 27.5 Å². The van der Waals surface area contributed by atoms with E-state index in [-0.39, 0.29) is 24.6 Å². The van der Waals surface area contributed by atoms with Crippen molar-refractivity contribution in [3.05, 3.63) is 85.3 Å². The number of nitrogens with one attached hydrogen (secondary N) is 1. The molecular formula is C23H23N3O4S. The van der Waals surface area contributed by atoms with Gasteiger partial charge in [0, 0.05) is 4.88 Å². The van der Waals surface area contributed by atoms with Crippen molar-refractivity contribution in [1.82, 2.24) is 14.5 Å². The van der Waals surface area contributed by atoms with Gasteiger partial charge < -0.3 is 9.73 Å². The number of furan rings is 1. The van der Waals surface area contributed by atoms with Crippen LogP contribution < -0.4 is 16.6 Å². The van der Waals surface area contributed by atoms with E-state index in [1.807, 2.05) is 32.9 Å².